The minimum absolute atomic E-state index is 0.635. The zero-order chi connectivity index (χ0) is 10.7. The molecule has 0 atom stereocenters. The number of anilines is 1. The van der Waals surface area contributed by atoms with Gasteiger partial charge < -0.3 is 10.2 Å². The number of benzene rings is 1. The zero-order valence-corrected chi connectivity index (χ0v) is 9.66. The molecular formula is C13H20N2. The molecular weight excluding hydrogens is 184 g/mol. The van der Waals surface area contributed by atoms with Crippen molar-refractivity contribution in [1.29, 1.82) is 0 Å². The van der Waals surface area contributed by atoms with E-state index in [0.29, 0.717) is 5.41 Å². The average molecular weight is 204 g/mol. The normalized spacial score (nSPS) is 21.1. The molecule has 0 aromatic heterocycles. The number of hydrogen-bond acceptors (Lipinski definition) is 2. The fourth-order valence-corrected chi connectivity index (χ4v) is 2.29. The molecule has 2 aliphatic rings. The molecule has 1 N–H and O–H groups in total. The first-order chi connectivity index (χ1) is 7.38. The van der Waals surface area contributed by atoms with Gasteiger partial charge in [0.2, 0.25) is 0 Å². The molecule has 2 heteroatoms. The summed E-state index contributed by atoms with van der Waals surface area (Å²) in [6.45, 7) is 8.92. The van der Waals surface area contributed by atoms with Gasteiger partial charge >= 0.3 is 0 Å². The van der Waals surface area contributed by atoms with Crippen LogP contribution in [0.5, 0.6) is 0 Å². The molecule has 0 unspecified atom stereocenters. The first-order valence-electron chi connectivity index (χ1n) is 5.89. The van der Waals surface area contributed by atoms with Crippen LogP contribution < -0.4 is 10.2 Å². The Kier molecular flexibility index (Phi) is 2.96. The minimum atomic E-state index is 0.635. The van der Waals surface area contributed by atoms with E-state index < -0.39 is 0 Å². The molecule has 2 heterocycles. The van der Waals surface area contributed by atoms with E-state index in [-0.39, 0.29) is 0 Å². The lowest BCUT2D eigenvalue weighted by atomic mass is 9.74. The Labute approximate surface area is 92.3 Å². The number of para-hydroxylation sites is 1. The predicted molar refractivity (Wildman–Crippen MR) is 65.3 cm³/mol. The van der Waals surface area contributed by atoms with E-state index in [2.05, 4.69) is 40.5 Å². The second-order valence-corrected chi connectivity index (χ2v) is 4.30. The van der Waals surface area contributed by atoms with Gasteiger partial charge in [0.1, 0.15) is 0 Å². The van der Waals surface area contributed by atoms with Gasteiger partial charge in [-0.1, -0.05) is 32.0 Å². The Bertz CT molecular complexity index is 296. The average Bonchev–Trinajstić information content (AvgIpc) is 2.18. The maximum absolute atomic E-state index is 3.35. The van der Waals surface area contributed by atoms with Gasteiger partial charge in [-0.3, -0.25) is 0 Å². The highest BCUT2D eigenvalue weighted by atomic mass is 15.3. The van der Waals surface area contributed by atoms with Crippen LogP contribution in [0.2, 0.25) is 0 Å². The molecule has 15 heavy (non-hydrogen) atoms. The van der Waals surface area contributed by atoms with E-state index in [1.807, 2.05) is 13.8 Å². The highest BCUT2D eigenvalue weighted by Gasteiger charge is 2.47. The van der Waals surface area contributed by atoms with Crippen LogP contribution in [0, 0.1) is 5.41 Å². The molecule has 1 aromatic rings. The van der Waals surface area contributed by atoms with Crippen molar-refractivity contribution in [3.05, 3.63) is 30.3 Å². The fraction of sp³-hybridized carbons (Fsp3) is 0.538. The van der Waals surface area contributed by atoms with E-state index >= 15 is 0 Å². The molecule has 2 fully saturated rings. The standard InChI is InChI=1S/C11H14N2.C2H6/c1-2-4-10(5-3-1)13-8-11(9-13)6-12-7-11;1-2/h1-5,12H,6-9H2;1-2H3. The van der Waals surface area contributed by atoms with Crippen LogP contribution in [0.3, 0.4) is 0 Å². The highest BCUT2D eigenvalue weighted by molar-refractivity contribution is 5.50. The van der Waals surface area contributed by atoms with Crippen molar-refractivity contribution in [1.82, 2.24) is 5.32 Å². The number of rotatable bonds is 1. The van der Waals surface area contributed by atoms with Crippen LogP contribution >= 0.6 is 0 Å². The second kappa shape index (κ2) is 4.23. The van der Waals surface area contributed by atoms with Crippen LogP contribution in [0.15, 0.2) is 30.3 Å². The van der Waals surface area contributed by atoms with Crippen LogP contribution in [-0.4, -0.2) is 26.2 Å². The van der Waals surface area contributed by atoms with Gasteiger partial charge in [0.15, 0.2) is 0 Å². The molecule has 2 nitrogen and oxygen atoms in total. The largest absolute Gasteiger partial charge is 0.370 e. The Balaban J connectivity index is 0.000000404. The fourth-order valence-electron chi connectivity index (χ4n) is 2.29. The van der Waals surface area contributed by atoms with Gasteiger partial charge in [0.05, 0.1) is 0 Å². The quantitative estimate of drug-likeness (QED) is 0.754. The van der Waals surface area contributed by atoms with Gasteiger partial charge in [0.25, 0.3) is 0 Å². The van der Waals surface area contributed by atoms with Gasteiger partial charge in [-0.05, 0) is 12.1 Å². The molecule has 1 spiro atoms. The second-order valence-electron chi connectivity index (χ2n) is 4.30. The first kappa shape index (κ1) is 10.5. The monoisotopic (exact) mass is 204 g/mol. The van der Waals surface area contributed by atoms with Crippen molar-refractivity contribution < 1.29 is 0 Å². The third-order valence-electron chi connectivity index (χ3n) is 3.17. The Morgan fingerprint density at radius 3 is 2.13 bits per heavy atom. The van der Waals surface area contributed by atoms with Gasteiger partial charge in [-0.25, -0.2) is 0 Å². The molecule has 2 aliphatic heterocycles. The van der Waals surface area contributed by atoms with Crippen molar-refractivity contribution in [3.8, 4) is 0 Å². The Hall–Kier alpha value is -1.02. The molecule has 2 saturated heterocycles. The third kappa shape index (κ3) is 1.86. The molecule has 0 radical (unpaired) electrons. The highest BCUT2D eigenvalue weighted by Crippen LogP contribution is 2.36. The van der Waals surface area contributed by atoms with Crippen LogP contribution in [-0.2, 0) is 0 Å². The Morgan fingerprint density at radius 1 is 1.07 bits per heavy atom. The van der Waals surface area contributed by atoms with Crippen molar-refractivity contribution in [2.24, 2.45) is 5.41 Å². The van der Waals surface area contributed by atoms with Crippen molar-refractivity contribution in [3.63, 3.8) is 0 Å². The van der Waals surface area contributed by atoms with E-state index in [4.69, 9.17) is 0 Å². The summed E-state index contributed by atoms with van der Waals surface area (Å²) in [5.41, 5.74) is 2.01. The van der Waals surface area contributed by atoms with Crippen LogP contribution in [0.4, 0.5) is 5.69 Å². The molecule has 0 saturated carbocycles. The minimum Gasteiger partial charge on any atom is -0.370 e. The molecule has 0 amide bonds. The molecule has 1 aromatic carbocycles. The summed E-state index contributed by atoms with van der Waals surface area (Å²) in [4.78, 5) is 2.46. The van der Waals surface area contributed by atoms with Crippen molar-refractivity contribution in [2.75, 3.05) is 31.1 Å². The van der Waals surface area contributed by atoms with E-state index in [1.165, 1.54) is 31.9 Å². The summed E-state index contributed by atoms with van der Waals surface area (Å²) in [6.07, 6.45) is 0. The predicted octanol–water partition coefficient (Wildman–Crippen LogP) is 2.12. The Morgan fingerprint density at radius 2 is 1.67 bits per heavy atom. The maximum Gasteiger partial charge on any atom is 0.0366 e. The molecule has 0 bridgehead atoms. The van der Waals surface area contributed by atoms with Crippen molar-refractivity contribution >= 4 is 5.69 Å². The zero-order valence-electron chi connectivity index (χ0n) is 9.66. The summed E-state index contributed by atoms with van der Waals surface area (Å²) in [5, 5.41) is 3.35. The number of nitrogens with zero attached hydrogens (tertiary/aromatic N) is 1. The van der Waals surface area contributed by atoms with Gasteiger partial charge in [-0.15, -0.1) is 0 Å². The van der Waals surface area contributed by atoms with Gasteiger partial charge in [0, 0.05) is 37.3 Å². The lowest BCUT2D eigenvalue weighted by Gasteiger charge is -2.57. The van der Waals surface area contributed by atoms with E-state index in [1.54, 1.807) is 0 Å². The van der Waals surface area contributed by atoms with Crippen LogP contribution in [0.1, 0.15) is 13.8 Å². The SMILES string of the molecule is CC.c1ccc(N2CC3(CNC3)C2)cc1. The van der Waals surface area contributed by atoms with Gasteiger partial charge in [-0.2, -0.15) is 0 Å². The topological polar surface area (TPSA) is 15.3 Å². The number of nitrogens with one attached hydrogen (secondary N) is 1. The summed E-state index contributed by atoms with van der Waals surface area (Å²) >= 11 is 0. The lowest BCUT2D eigenvalue weighted by molar-refractivity contribution is 0.121. The maximum atomic E-state index is 3.35. The summed E-state index contributed by atoms with van der Waals surface area (Å²) < 4.78 is 0. The van der Waals surface area contributed by atoms with E-state index in [9.17, 15) is 0 Å². The van der Waals surface area contributed by atoms with E-state index in [0.717, 1.165) is 0 Å². The first-order valence-corrected chi connectivity index (χ1v) is 5.89. The lowest BCUT2D eigenvalue weighted by Crippen LogP contribution is -2.71. The van der Waals surface area contributed by atoms with Crippen LogP contribution in [0.25, 0.3) is 0 Å². The molecule has 82 valence electrons. The van der Waals surface area contributed by atoms with Crippen molar-refractivity contribution in [2.45, 2.75) is 13.8 Å². The summed E-state index contributed by atoms with van der Waals surface area (Å²) in [5.74, 6) is 0. The third-order valence-corrected chi connectivity index (χ3v) is 3.17. The number of hydrogen-bond donors (Lipinski definition) is 1. The smallest absolute Gasteiger partial charge is 0.0366 e. The summed E-state index contributed by atoms with van der Waals surface area (Å²) in [7, 11) is 0. The summed E-state index contributed by atoms with van der Waals surface area (Å²) in [6, 6.07) is 10.7. The molecule has 3 rings (SSSR count). The molecule has 0 aliphatic carbocycles.